The van der Waals surface area contributed by atoms with E-state index in [1.807, 2.05) is 13.8 Å². The fourth-order valence-electron chi connectivity index (χ4n) is 2.67. The van der Waals surface area contributed by atoms with Crippen LogP contribution in [0.1, 0.15) is 47.0 Å². The maximum Gasteiger partial charge on any atom is 0.305 e. The van der Waals surface area contributed by atoms with E-state index in [0.29, 0.717) is 12.8 Å². The van der Waals surface area contributed by atoms with Gasteiger partial charge in [-0.25, -0.2) is 0 Å². The molecule has 5 nitrogen and oxygen atoms in total. The molecule has 0 radical (unpaired) electrons. The Balaban J connectivity index is 2.73. The van der Waals surface area contributed by atoms with E-state index < -0.39 is 11.5 Å². The van der Waals surface area contributed by atoms with Crippen LogP contribution < -0.4 is 0 Å². The molecule has 1 rings (SSSR count). The number of carbonyl (C=O) groups excluding carboxylic acids is 1. The third kappa shape index (κ3) is 4.20. The van der Waals surface area contributed by atoms with Crippen LogP contribution in [0, 0.1) is 5.92 Å². The van der Waals surface area contributed by atoms with Gasteiger partial charge in [0.25, 0.3) is 0 Å². The molecule has 110 valence electrons. The highest BCUT2D eigenvalue weighted by Gasteiger charge is 2.37. The van der Waals surface area contributed by atoms with Crippen molar-refractivity contribution in [1.29, 1.82) is 0 Å². The quantitative estimate of drug-likeness (QED) is 0.848. The van der Waals surface area contributed by atoms with E-state index in [1.165, 1.54) is 0 Å². The van der Waals surface area contributed by atoms with E-state index in [2.05, 4.69) is 0 Å². The van der Waals surface area contributed by atoms with Gasteiger partial charge in [-0.3, -0.25) is 9.59 Å². The van der Waals surface area contributed by atoms with Gasteiger partial charge in [-0.1, -0.05) is 0 Å². The second-order valence-electron chi connectivity index (χ2n) is 6.21. The molecule has 0 spiro atoms. The number of hydrogen-bond donors (Lipinski definition) is 1. The van der Waals surface area contributed by atoms with Crippen LogP contribution in [0.3, 0.4) is 0 Å². The molecule has 19 heavy (non-hydrogen) atoms. The molecule has 0 aromatic carbocycles. The van der Waals surface area contributed by atoms with Gasteiger partial charge in [0.2, 0.25) is 5.91 Å². The van der Waals surface area contributed by atoms with Crippen LogP contribution in [0.5, 0.6) is 0 Å². The minimum atomic E-state index is -0.890. The highest BCUT2D eigenvalue weighted by molar-refractivity contribution is 5.80. The standard InChI is InChI=1S/C14H25NO4/c1-9-6-11(7-10(2)19-9)13(18)15(5)14(3,4)8-12(16)17/h9-11H,6-8H2,1-5H3,(H,16,17). The summed E-state index contributed by atoms with van der Waals surface area (Å²) in [5.41, 5.74) is -0.673. The normalized spacial score (nSPS) is 27.9. The van der Waals surface area contributed by atoms with Gasteiger partial charge in [0.05, 0.1) is 18.6 Å². The molecule has 1 fully saturated rings. The van der Waals surface area contributed by atoms with Crippen molar-refractivity contribution in [2.24, 2.45) is 5.92 Å². The average Bonchev–Trinajstić information content (AvgIpc) is 2.23. The molecular weight excluding hydrogens is 246 g/mol. The summed E-state index contributed by atoms with van der Waals surface area (Å²) in [6.45, 7) is 7.51. The number of nitrogens with zero attached hydrogens (tertiary/aromatic N) is 1. The Labute approximate surface area is 114 Å². The minimum absolute atomic E-state index is 0.0215. The molecule has 0 saturated carbocycles. The Bertz CT molecular complexity index is 343. The SMILES string of the molecule is CC1CC(C(=O)N(C)C(C)(C)CC(=O)O)CC(C)O1. The van der Waals surface area contributed by atoms with Gasteiger partial charge < -0.3 is 14.7 Å². The Hall–Kier alpha value is -1.10. The number of carboxylic acid groups (broad SMARTS) is 1. The molecule has 2 atom stereocenters. The molecular formula is C14H25NO4. The number of carbonyl (C=O) groups is 2. The van der Waals surface area contributed by atoms with Crippen molar-refractivity contribution < 1.29 is 19.4 Å². The van der Waals surface area contributed by atoms with Gasteiger partial charge >= 0.3 is 5.97 Å². The maximum absolute atomic E-state index is 12.5. The van der Waals surface area contributed by atoms with Crippen LogP contribution in [0.25, 0.3) is 0 Å². The minimum Gasteiger partial charge on any atom is -0.481 e. The van der Waals surface area contributed by atoms with Crippen LogP contribution in [0.4, 0.5) is 0 Å². The smallest absolute Gasteiger partial charge is 0.305 e. The number of hydrogen-bond acceptors (Lipinski definition) is 3. The molecule has 0 aliphatic carbocycles. The zero-order valence-corrected chi connectivity index (χ0v) is 12.5. The lowest BCUT2D eigenvalue weighted by Gasteiger charge is -2.39. The van der Waals surface area contributed by atoms with Crippen molar-refractivity contribution in [3.8, 4) is 0 Å². The van der Waals surface area contributed by atoms with Crippen LogP contribution in [-0.2, 0) is 14.3 Å². The number of ether oxygens (including phenoxy) is 1. The first-order chi connectivity index (χ1) is 8.63. The molecule has 1 aliphatic rings. The molecule has 0 aromatic heterocycles. The van der Waals surface area contributed by atoms with Gasteiger partial charge in [0.1, 0.15) is 0 Å². The molecule has 1 saturated heterocycles. The molecule has 0 aromatic rings. The summed E-state index contributed by atoms with van der Waals surface area (Å²) in [5.74, 6) is -0.941. The number of aliphatic carboxylic acids is 1. The predicted octanol–water partition coefficient (Wildman–Crippen LogP) is 1.90. The molecule has 0 bridgehead atoms. The first kappa shape index (κ1) is 16.0. The second-order valence-corrected chi connectivity index (χ2v) is 6.21. The van der Waals surface area contributed by atoms with Crippen molar-refractivity contribution in [1.82, 2.24) is 4.90 Å². The van der Waals surface area contributed by atoms with E-state index >= 15 is 0 Å². The second kappa shape index (κ2) is 5.90. The van der Waals surface area contributed by atoms with Crippen LogP contribution in [0.15, 0.2) is 0 Å². The van der Waals surface area contributed by atoms with Crippen LogP contribution in [0.2, 0.25) is 0 Å². The van der Waals surface area contributed by atoms with Crippen molar-refractivity contribution in [2.75, 3.05) is 7.05 Å². The Kier molecular flexibility index (Phi) is 4.96. The first-order valence-electron chi connectivity index (χ1n) is 6.78. The fourth-order valence-corrected chi connectivity index (χ4v) is 2.67. The summed E-state index contributed by atoms with van der Waals surface area (Å²) in [4.78, 5) is 24.9. The Morgan fingerprint density at radius 3 is 2.16 bits per heavy atom. The largest absolute Gasteiger partial charge is 0.481 e. The average molecular weight is 271 g/mol. The van der Waals surface area contributed by atoms with E-state index in [-0.39, 0.29) is 30.5 Å². The van der Waals surface area contributed by atoms with Gasteiger partial charge in [-0.15, -0.1) is 0 Å². The summed E-state index contributed by atoms with van der Waals surface area (Å²) >= 11 is 0. The maximum atomic E-state index is 12.5. The topological polar surface area (TPSA) is 66.8 Å². The van der Waals surface area contributed by atoms with Crippen LogP contribution >= 0.6 is 0 Å². The zero-order chi connectivity index (χ0) is 14.8. The summed E-state index contributed by atoms with van der Waals surface area (Å²) in [6.07, 6.45) is 1.51. The molecule has 1 amide bonds. The van der Waals surface area contributed by atoms with Crippen LogP contribution in [-0.4, -0.2) is 46.7 Å². The molecule has 5 heteroatoms. The first-order valence-corrected chi connectivity index (χ1v) is 6.78. The lowest BCUT2D eigenvalue weighted by molar-refractivity contribution is -0.150. The summed E-state index contributed by atoms with van der Waals surface area (Å²) < 4.78 is 5.63. The van der Waals surface area contributed by atoms with Gasteiger partial charge in [0.15, 0.2) is 0 Å². The third-order valence-corrected chi connectivity index (χ3v) is 3.87. The monoisotopic (exact) mass is 271 g/mol. The highest BCUT2D eigenvalue weighted by Crippen LogP contribution is 2.29. The summed E-state index contributed by atoms with van der Waals surface area (Å²) in [6, 6.07) is 0. The molecule has 1 heterocycles. The van der Waals surface area contributed by atoms with Crippen molar-refractivity contribution in [2.45, 2.75) is 64.7 Å². The van der Waals surface area contributed by atoms with Gasteiger partial charge in [-0.05, 0) is 40.5 Å². The third-order valence-electron chi connectivity index (χ3n) is 3.87. The van der Waals surface area contributed by atoms with E-state index in [0.717, 1.165) is 0 Å². The predicted molar refractivity (Wildman–Crippen MR) is 71.8 cm³/mol. The highest BCUT2D eigenvalue weighted by atomic mass is 16.5. The summed E-state index contributed by atoms with van der Waals surface area (Å²) in [7, 11) is 1.69. The Morgan fingerprint density at radius 2 is 1.74 bits per heavy atom. The lowest BCUT2D eigenvalue weighted by Crippen LogP contribution is -2.50. The molecule has 1 aliphatic heterocycles. The molecule has 1 N–H and O–H groups in total. The lowest BCUT2D eigenvalue weighted by atomic mass is 9.89. The van der Waals surface area contributed by atoms with E-state index in [4.69, 9.17) is 9.84 Å². The van der Waals surface area contributed by atoms with E-state index in [9.17, 15) is 9.59 Å². The van der Waals surface area contributed by atoms with Crippen molar-refractivity contribution in [3.05, 3.63) is 0 Å². The summed E-state index contributed by atoms with van der Waals surface area (Å²) in [5, 5.41) is 8.92. The fraction of sp³-hybridized carbons (Fsp3) is 0.857. The number of amides is 1. The Morgan fingerprint density at radius 1 is 1.26 bits per heavy atom. The van der Waals surface area contributed by atoms with Crippen molar-refractivity contribution in [3.63, 3.8) is 0 Å². The molecule has 2 unspecified atom stereocenters. The number of rotatable bonds is 4. The van der Waals surface area contributed by atoms with E-state index in [1.54, 1.807) is 25.8 Å². The van der Waals surface area contributed by atoms with Gasteiger partial charge in [0, 0.05) is 18.5 Å². The number of carboxylic acids is 1. The zero-order valence-electron chi connectivity index (χ0n) is 12.5. The van der Waals surface area contributed by atoms with Crippen molar-refractivity contribution >= 4 is 11.9 Å². The van der Waals surface area contributed by atoms with Gasteiger partial charge in [-0.2, -0.15) is 0 Å².